The monoisotopic (exact) mass is 468 g/mol. The van der Waals surface area contributed by atoms with Gasteiger partial charge in [-0.25, -0.2) is 4.79 Å². The molecular weight excluding hydrogens is 432 g/mol. The van der Waals surface area contributed by atoms with Crippen molar-refractivity contribution in [2.75, 3.05) is 0 Å². The van der Waals surface area contributed by atoms with Crippen LogP contribution < -0.4 is 0 Å². The van der Waals surface area contributed by atoms with Gasteiger partial charge in [0.2, 0.25) is 0 Å². The first-order valence-corrected chi connectivity index (χ1v) is 12.3. The maximum atomic E-state index is 12.9. The summed E-state index contributed by atoms with van der Waals surface area (Å²) >= 11 is 0. The molecule has 34 heavy (non-hydrogen) atoms. The number of aliphatic hydroxyl groups excluding tert-OH is 1. The molecule has 0 aromatic carbocycles. The Morgan fingerprint density at radius 1 is 1.18 bits per heavy atom. The van der Waals surface area contributed by atoms with Gasteiger partial charge in [0.1, 0.15) is 12.2 Å². The molecule has 2 saturated carbocycles. The van der Waals surface area contributed by atoms with Gasteiger partial charge in [-0.15, -0.1) is 0 Å². The lowest BCUT2D eigenvalue weighted by Gasteiger charge is -2.68. The van der Waals surface area contributed by atoms with Gasteiger partial charge in [0.15, 0.2) is 0 Å². The predicted molar refractivity (Wildman–Crippen MR) is 125 cm³/mol. The number of cyclic esters (lactones) is 1. The number of allylic oxidation sites excluding steroid dienone is 1. The molecule has 2 heterocycles. The zero-order chi connectivity index (χ0) is 24.7. The number of furan rings is 1. The summed E-state index contributed by atoms with van der Waals surface area (Å²) in [5, 5.41) is 10.8. The summed E-state index contributed by atoms with van der Waals surface area (Å²) in [6.07, 6.45) is 9.95. The molecule has 4 aliphatic rings. The quantitative estimate of drug-likeness (QED) is 0.478. The van der Waals surface area contributed by atoms with Crippen LogP contribution in [-0.4, -0.2) is 29.3 Å². The minimum Gasteiger partial charge on any atom is -0.472 e. The molecule has 1 N–H and O–H groups in total. The van der Waals surface area contributed by atoms with Crippen molar-refractivity contribution in [3.63, 3.8) is 0 Å². The van der Waals surface area contributed by atoms with Gasteiger partial charge >= 0.3 is 11.9 Å². The number of rotatable bonds is 2. The van der Waals surface area contributed by atoms with Crippen LogP contribution in [0.2, 0.25) is 0 Å². The van der Waals surface area contributed by atoms with Crippen molar-refractivity contribution >= 4 is 11.9 Å². The Bertz CT molecular complexity index is 1070. The largest absolute Gasteiger partial charge is 0.472 e. The summed E-state index contributed by atoms with van der Waals surface area (Å²) in [5.41, 5.74) is 0.245. The second kappa shape index (κ2) is 7.33. The summed E-state index contributed by atoms with van der Waals surface area (Å²) < 4.78 is 17.3. The molecule has 0 spiro atoms. The number of hydrogen-bond donors (Lipinski definition) is 1. The lowest BCUT2D eigenvalue weighted by Crippen LogP contribution is -2.65. The van der Waals surface area contributed by atoms with Crippen molar-refractivity contribution in [1.29, 1.82) is 0 Å². The maximum Gasteiger partial charge on any atom is 0.331 e. The van der Waals surface area contributed by atoms with Crippen molar-refractivity contribution in [2.24, 2.45) is 33.5 Å². The average molecular weight is 469 g/mol. The Morgan fingerprint density at radius 3 is 2.56 bits per heavy atom. The molecule has 2 fully saturated rings. The summed E-state index contributed by atoms with van der Waals surface area (Å²) in [4.78, 5) is 25.3. The highest BCUT2D eigenvalue weighted by Gasteiger charge is 2.68. The smallest absolute Gasteiger partial charge is 0.331 e. The normalized spacial score (nSPS) is 44.7. The number of aliphatic hydroxyl groups is 1. The fourth-order valence-corrected chi connectivity index (χ4v) is 8.30. The van der Waals surface area contributed by atoms with Crippen molar-refractivity contribution in [3.05, 3.63) is 48.0 Å². The lowest BCUT2D eigenvalue weighted by molar-refractivity contribution is -0.201. The second-order valence-corrected chi connectivity index (χ2v) is 12.1. The first-order valence-electron chi connectivity index (χ1n) is 12.3. The van der Waals surface area contributed by atoms with Gasteiger partial charge in [0.25, 0.3) is 0 Å². The molecule has 6 heteroatoms. The number of carbonyl (C=O) groups is 2. The van der Waals surface area contributed by atoms with Crippen LogP contribution in [0.4, 0.5) is 0 Å². The molecule has 0 saturated heterocycles. The third-order valence-electron chi connectivity index (χ3n) is 10.0. The van der Waals surface area contributed by atoms with Crippen LogP contribution in [0.15, 0.2) is 46.8 Å². The topological polar surface area (TPSA) is 86.0 Å². The molecule has 0 bridgehead atoms. The predicted octanol–water partition coefficient (Wildman–Crippen LogP) is 5.14. The Balaban J connectivity index is 1.69. The first-order chi connectivity index (χ1) is 15.8. The van der Waals surface area contributed by atoms with Gasteiger partial charge in [-0.1, -0.05) is 46.8 Å². The van der Waals surface area contributed by atoms with Gasteiger partial charge in [0, 0.05) is 29.4 Å². The van der Waals surface area contributed by atoms with E-state index in [9.17, 15) is 14.7 Å². The molecule has 0 radical (unpaired) electrons. The second-order valence-electron chi connectivity index (χ2n) is 12.1. The maximum absolute atomic E-state index is 12.9. The first kappa shape index (κ1) is 23.4. The Hall–Kier alpha value is -2.34. The third-order valence-corrected chi connectivity index (χ3v) is 10.0. The number of esters is 2. The molecule has 5 rings (SSSR count). The summed E-state index contributed by atoms with van der Waals surface area (Å²) in [6, 6.07) is 1.86. The van der Waals surface area contributed by atoms with E-state index >= 15 is 0 Å². The Morgan fingerprint density at radius 2 is 1.91 bits per heavy atom. The molecular formula is C28H36O6. The fraction of sp³-hybridized carbons (Fsp3) is 0.643. The van der Waals surface area contributed by atoms with E-state index in [0.29, 0.717) is 6.42 Å². The summed E-state index contributed by atoms with van der Waals surface area (Å²) in [5.74, 6) is -0.450. The van der Waals surface area contributed by atoms with E-state index in [2.05, 4.69) is 40.7 Å². The molecule has 184 valence electrons. The van der Waals surface area contributed by atoms with Gasteiger partial charge in [0.05, 0.1) is 18.6 Å². The van der Waals surface area contributed by atoms with E-state index in [0.717, 1.165) is 24.0 Å². The van der Waals surface area contributed by atoms with Gasteiger partial charge in [-0.2, -0.15) is 0 Å². The number of fused-ring (bicyclic) bond motifs is 5. The van der Waals surface area contributed by atoms with Crippen LogP contribution in [0.1, 0.15) is 72.5 Å². The third kappa shape index (κ3) is 2.96. The fourth-order valence-electron chi connectivity index (χ4n) is 8.30. The zero-order valence-corrected chi connectivity index (χ0v) is 21.0. The van der Waals surface area contributed by atoms with E-state index in [4.69, 9.17) is 13.9 Å². The van der Waals surface area contributed by atoms with Crippen LogP contribution in [0.3, 0.4) is 0 Å². The molecule has 0 unspecified atom stereocenters. The number of ether oxygens (including phenoxy) is 2. The molecule has 8 atom stereocenters. The highest BCUT2D eigenvalue weighted by atomic mass is 16.6. The number of carbonyl (C=O) groups excluding carboxylic acids is 2. The van der Waals surface area contributed by atoms with Crippen LogP contribution in [0.5, 0.6) is 0 Å². The van der Waals surface area contributed by atoms with E-state index in [1.165, 1.54) is 6.92 Å². The minimum absolute atomic E-state index is 0.118. The molecule has 1 aromatic rings. The van der Waals surface area contributed by atoms with Crippen LogP contribution in [0.25, 0.3) is 0 Å². The van der Waals surface area contributed by atoms with Crippen molar-refractivity contribution in [2.45, 2.75) is 79.1 Å². The number of hydrogen-bond acceptors (Lipinski definition) is 6. The highest BCUT2D eigenvalue weighted by molar-refractivity contribution is 5.85. The van der Waals surface area contributed by atoms with E-state index in [1.54, 1.807) is 18.6 Å². The van der Waals surface area contributed by atoms with E-state index in [-0.39, 0.29) is 34.6 Å². The van der Waals surface area contributed by atoms with Crippen molar-refractivity contribution < 1.29 is 28.6 Å². The van der Waals surface area contributed by atoms with Crippen molar-refractivity contribution in [1.82, 2.24) is 0 Å². The molecule has 6 nitrogen and oxygen atoms in total. The van der Waals surface area contributed by atoms with E-state index in [1.807, 2.05) is 12.1 Å². The highest BCUT2D eigenvalue weighted by Crippen LogP contribution is 2.72. The Labute approximate surface area is 201 Å². The molecule has 1 aliphatic heterocycles. The molecule has 1 aromatic heterocycles. The molecule has 3 aliphatic carbocycles. The van der Waals surface area contributed by atoms with Gasteiger partial charge in [-0.05, 0) is 53.6 Å². The standard InChI is InChI=1S/C28H36O6/c1-16(29)33-22-13-19-25(2,3)21(30)8-11-26(19,4)18-7-10-27(5)20(28(18,22)6)14-23(31)34-24(27)17-9-12-32-15-17/h8-9,11-12,14-15,18-19,21-22,24,30H,7,10,13H2,1-6H3/t18-,19-,21+,22-,24-,26-,27-,28-/m0/s1. The van der Waals surface area contributed by atoms with Crippen molar-refractivity contribution in [3.8, 4) is 0 Å². The van der Waals surface area contributed by atoms with Crippen LogP contribution >= 0.6 is 0 Å². The zero-order valence-electron chi connectivity index (χ0n) is 21.0. The SMILES string of the molecule is CC(=O)O[C@H]1C[C@H]2C(C)(C)[C@H](O)C=C[C@@]2(C)[C@@H]2CC[C@@]3(C)C(=CC(=O)O[C@H]3c3ccoc3)[C@@]12C. The lowest BCUT2D eigenvalue weighted by atomic mass is 9.38. The van der Waals surface area contributed by atoms with Gasteiger partial charge < -0.3 is 19.0 Å². The van der Waals surface area contributed by atoms with Gasteiger partial charge in [-0.3, -0.25) is 4.79 Å². The van der Waals surface area contributed by atoms with E-state index < -0.39 is 29.1 Å². The Kier molecular flexibility index (Phi) is 5.05. The van der Waals surface area contributed by atoms with Crippen LogP contribution in [0, 0.1) is 33.5 Å². The summed E-state index contributed by atoms with van der Waals surface area (Å²) in [7, 11) is 0. The molecule has 0 amide bonds. The summed E-state index contributed by atoms with van der Waals surface area (Å²) in [6.45, 7) is 12.3. The minimum atomic E-state index is -0.561. The average Bonchev–Trinajstić information content (AvgIpc) is 3.28. The van der Waals surface area contributed by atoms with Crippen LogP contribution in [-0.2, 0) is 19.1 Å².